The summed E-state index contributed by atoms with van der Waals surface area (Å²) in [5.41, 5.74) is 5.19. The predicted molar refractivity (Wildman–Crippen MR) is 106 cm³/mol. The number of carbonyl (C=O) groups excluding carboxylic acids is 1. The molecular formula is C20H21F3N4O4. The highest BCUT2D eigenvalue weighted by Crippen LogP contribution is 2.37. The molecule has 0 radical (unpaired) electrons. The van der Waals surface area contributed by atoms with E-state index in [9.17, 15) is 18.0 Å². The molecule has 166 valence electrons. The van der Waals surface area contributed by atoms with Gasteiger partial charge < -0.3 is 24.9 Å². The number of methoxy groups -OCH3 is 2. The van der Waals surface area contributed by atoms with Crippen molar-refractivity contribution in [3.8, 4) is 17.2 Å². The maximum Gasteiger partial charge on any atom is 0.433 e. The number of nitrogens with one attached hydrogen (secondary N) is 1. The summed E-state index contributed by atoms with van der Waals surface area (Å²) in [6, 6.07) is 4.50. The largest absolute Gasteiger partial charge is 0.494 e. The molecule has 1 aromatic carbocycles. The van der Waals surface area contributed by atoms with Crippen LogP contribution in [0.5, 0.6) is 5.75 Å². The van der Waals surface area contributed by atoms with Gasteiger partial charge in [-0.1, -0.05) is 0 Å². The van der Waals surface area contributed by atoms with Gasteiger partial charge in [0.2, 0.25) is 5.89 Å². The molecule has 2 aromatic heterocycles. The molecule has 0 fully saturated rings. The Hall–Kier alpha value is -3.18. The van der Waals surface area contributed by atoms with Gasteiger partial charge in [-0.05, 0) is 31.2 Å². The lowest BCUT2D eigenvalue weighted by molar-refractivity contribution is -0.140. The van der Waals surface area contributed by atoms with Crippen molar-refractivity contribution < 1.29 is 31.9 Å². The molecule has 0 bridgehead atoms. The Labute approximate surface area is 175 Å². The number of ether oxygens (including phenoxy) is 2. The topological polar surface area (TPSA) is 112 Å². The van der Waals surface area contributed by atoms with E-state index in [1.54, 1.807) is 13.0 Å². The molecule has 0 aliphatic rings. The number of nitrogens with zero attached hydrogens (tertiary/aromatic N) is 2. The number of halogens is 3. The maximum atomic E-state index is 13.1. The lowest BCUT2D eigenvalue weighted by Gasteiger charge is -2.11. The standard InChI is InChI=1S/C20H21F3N4O4/c1-10(24)17-16(18(28)25-8-9-29-2)27-19(31-17)12-4-6-13(30-3)15-11(12)5-7-14(26-15)20(21,22)23/h4-7,10H,8-9,24H2,1-3H3,(H,25,28)/t10-/m0/s1. The number of carbonyl (C=O) groups is 1. The number of nitrogens with two attached hydrogens (primary N) is 1. The van der Waals surface area contributed by atoms with E-state index in [1.165, 1.54) is 26.4 Å². The Morgan fingerprint density at radius 2 is 1.97 bits per heavy atom. The van der Waals surface area contributed by atoms with Crippen LogP contribution in [0.15, 0.2) is 28.7 Å². The van der Waals surface area contributed by atoms with Gasteiger partial charge in [-0.2, -0.15) is 13.2 Å². The minimum atomic E-state index is -4.62. The molecule has 1 atom stereocenters. The second-order valence-corrected chi connectivity index (χ2v) is 6.68. The van der Waals surface area contributed by atoms with Crippen molar-refractivity contribution in [2.24, 2.45) is 5.73 Å². The van der Waals surface area contributed by atoms with E-state index >= 15 is 0 Å². The fourth-order valence-electron chi connectivity index (χ4n) is 2.97. The van der Waals surface area contributed by atoms with Crippen LogP contribution in [0, 0.1) is 0 Å². The fraction of sp³-hybridized carbons (Fsp3) is 0.350. The van der Waals surface area contributed by atoms with Crippen molar-refractivity contribution in [3.63, 3.8) is 0 Å². The van der Waals surface area contributed by atoms with E-state index in [-0.39, 0.29) is 35.2 Å². The van der Waals surface area contributed by atoms with Gasteiger partial charge in [-0.3, -0.25) is 4.79 Å². The summed E-state index contributed by atoms with van der Waals surface area (Å²) >= 11 is 0. The fourth-order valence-corrected chi connectivity index (χ4v) is 2.97. The lowest BCUT2D eigenvalue weighted by Crippen LogP contribution is -2.28. The van der Waals surface area contributed by atoms with Crippen LogP contribution >= 0.6 is 0 Å². The normalized spacial score (nSPS) is 12.7. The van der Waals surface area contributed by atoms with Gasteiger partial charge in [0.15, 0.2) is 11.5 Å². The molecule has 31 heavy (non-hydrogen) atoms. The molecule has 0 saturated heterocycles. The Balaban J connectivity index is 2.13. The van der Waals surface area contributed by atoms with Crippen LogP contribution in [0.4, 0.5) is 13.2 Å². The number of aromatic nitrogens is 2. The zero-order valence-corrected chi connectivity index (χ0v) is 17.0. The average Bonchev–Trinajstić information content (AvgIpc) is 3.17. The van der Waals surface area contributed by atoms with E-state index in [0.29, 0.717) is 17.6 Å². The summed E-state index contributed by atoms with van der Waals surface area (Å²) in [6.45, 7) is 2.19. The van der Waals surface area contributed by atoms with E-state index in [0.717, 1.165) is 6.07 Å². The molecule has 8 nitrogen and oxygen atoms in total. The number of amides is 1. The minimum absolute atomic E-state index is 0.00931. The highest BCUT2D eigenvalue weighted by atomic mass is 19.4. The molecule has 0 unspecified atom stereocenters. The molecule has 1 amide bonds. The van der Waals surface area contributed by atoms with Crippen LogP contribution < -0.4 is 15.8 Å². The number of hydrogen-bond donors (Lipinski definition) is 2. The number of pyridine rings is 1. The van der Waals surface area contributed by atoms with Crippen LogP contribution in [0.3, 0.4) is 0 Å². The molecular weight excluding hydrogens is 417 g/mol. The van der Waals surface area contributed by atoms with Crippen molar-refractivity contribution in [2.75, 3.05) is 27.4 Å². The summed E-state index contributed by atoms with van der Waals surface area (Å²) in [5.74, 6) is -0.178. The summed E-state index contributed by atoms with van der Waals surface area (Å²) < 4.78 is 55.2. The highest BCUT2D eigenvalue weighted by molar-refractivity contribution is 5.98. The number of benzene rings is 1. The first-order valence-electron chi connectivity index (χ1n) is 9.26. The van der Waals surface area contributed by atoms with E-state index in [1.807, 2.05) is 0 Å². The van der Waals surface area contributed by atoms with Crippen molar-refractivity contribution in [2.45, 2.75) is 19.1 Å². The molecule has 11 heteroatoms. The lowest BCUT2D eigenvalue weighted by atomic mass is 10.1. The average molecular weight is 438 g/mol. The smallest absolute Gasteiger partial charge is 0.433 e. The summed E-state index contributed by atoms with van der Waals surface area (Å²) in [7, 11) is 2.83. The summed E-state index contributed by atoms with van der Waals surface area (Å²) in [5, 5.41) is 2.96. The number of rotatable bonds is 7. The molecule has 0 aliphatic heterocycles. The van der Waals surface area contributed by atoms with Crippen LogP contribution in [0.2, 0.25) is 0 Å². The Kier molecular flexibility index (Phi) is 6.46. The predicted octanol–water partition coefficient (Wildman–Crippen LogP) is 3.31. The van der Waals surface area contributed by atoms with Crippen LogP contribution in [-0.2, 0) is 10.9 Å². The van der Waals surface area contributed by atoms with E-state index < -0.39 is 23.8 Å². The van der Waals surface area contributed by atoms with Gasteiger partial charge in [0.1, 0.15) is 17.0 Å². The number of alkyl halides is 3. The SMILES string of the molecule is COCCNC(=O)c1nc(-c2ccc(OC)c3nc(C(F)(F)F)ccc23)oc1[C@H](C)N. The van der Waals surface area contributed by atoms with Gasteiger partial charge in [-0.25, -0.2) is 9.97 Å². The molecule has 0 spiro atoms. The monoisotopic (exact) mass is 438 g/mol. The Bertz CT molecular complexity index is 1100. The summed E-state index contributed by atoms with van der Waals surface area (Å²) in [4.78, 5) is 20.5. The third kappa shape index (κ3) is 4.62. The van der Waals surface area contributed by atoms with Crippen molar-refractivity contribution in [1.82, 2.24) is 15.3 Å². The zero-order chi connectivity index (χ0) is 22.8. The molecule has 3 N–H and O–H groups in total. The van der Waals surface area contributed by atoms with Gasteiger partial charge in [-0.15, -0.1) is 0 Å². The zero-order valence-electron chi connectivity index (χ0n) is 17.0. The number of oxazole rings is 1. The summed E-state index contributed by atoms with van der Waals surface area (Å²) in [6.07, 6.45) is -4.62. The van der Waals surface area contributed by atoms with Gasteiger partial charge in [0, 0.05) is 24.6 Å². The maximum absolute atomic E-state index is 13.1. The second-order valence-electron chi connectivity index (χ2n) is 6.68. The molecule has 3 rings (SSSR count). The van der Waals surface area contributed by atoms with Crippen LogP contribution in [-0.4, -0.2) is 43.2 Å². The first-order chi connectivity index (χ1) is 14.7. The van der Waals surface area contributed by atoms with Crippen molar-refractivity contribution >= 4 is 16.8 Å². The first-order valence-corrected chi connectivity index (χ1v) is 9.26. The van der Waals surface area contributed by atoms with E-state index in [2.05, 4.69) is 15.3 Å². The number of fused-ring (bicyclic) bond motifs is 1. The molecule has 0 saturated carbocycles. The molecule has 3 aromatic rings. The van der Waals surface area contributed by atoms with Crippen molar-refractivity contribution in [3.05, 3.63) is 41.4 Å². The third-order valence-corrected chi connectivity index (χ3v) is 4.43. The minimum Gasteiger partial charge on any atom is -0.494 e. The van der Waals surface area contributed by atoms with Crippen LogP contribution in [0.25, 0.3) is 22.4 Å². The second kappa shape index (κ2) is 8.90. The Morgan fingerprint density at radius 1 is 1.23 bits per heavy atom. The quantitative estimate of drug-likeness (QED) is 0.544. The number of hydrogen-bond acceptors (Lipinski definition) is 7. The highest BCUT2D eigenvalue weighted by Gasteiger charge is 2.33. The first kappa shape index (κ1) is 22.5. The Morgan fingerprint density at radius 3 is 2.58 bits per heavy atom. The van der Waals surface area contributed by atoms with Crippen LogP contribution in [0.1, 0.15) is 34.9 Å². The van der Waals surface area contributed by atoms with E-state index in [4.69, 9.17) is 19.6 Å². The molecule has 0 aliphatic carbocycles. The molecule has 2 heterocycles. The van der Waals surface area contributed by atoms with Crippen molar-refractivity contribution in [1.29, 1.82) is 0 Å². The van der Waals surface area contributed by atoms with Gasteiger partial charge in [0.05, 0.1) is 19.8 Å². The van der Waals surface area contributed by atoms with Gasteiger partial charge in [0.25, 0.3) is 5.91 Å². The van der Waals surface area contributed by atoms with Gasteiger partial charge >= 0.3 is 6.18 Å². The third-order valence-electron chi connectivity index (χ3n) is 4.43.